The van der Waals surface area contributed by atoms with Gasteiger partial charge in [-0.3, -0.25) is 14.4 Å². The van der Waals surface area contributed by atoms with Gasteiger partial charge in [0.25, 0.3) is 11.8 Å². The van der Waals surface area contributed by atoms with Crippen LogP contribution in [0.1, 0.15) is 67.0 Å². The molecule has 7 nitrogen and oxygen atoms in total. The van der Waals surface area contributed by atoms with Crippen LogP contribution in [0.5, 0.6) is 11.5 Å². The number of carbonyl (C=O) groups is 3. The maximum Gasteiger partial charge on any atom is 0.277 e. The number of benzene rings is 3. The van der Waals surface area contributed by atoms with Gasteiger partial charge in [0.05, 0.1) is 31.9 Å². The zero-order chi connectivity index (χ0) is 26.9. The summed E-state index contributed by atoms with van der Waals surface area (Å²) in [6, 6.07) is 17.3. The number of carbonyl (C=O) groups excluding carboxylic acids is 3. The van der Waals surface area contributed by atoms with E-state index in [0.717, 1.165) is 30.4 Å². The summed E-state index contributed by atoms with van der Waals surface area (Å²) in [5.41, 5.74) is 2.38. The average molecular weight is 509 g/mol. The van der Waals surface area contributed by atoms with Gasteiger partial charge in [-0.1, -0.05) is 36.4 Å². The highest BCUT2D eigenvalue weighted by atomic mass is 16.5. The van der Waals surface area contributed by atoms with Crippen LogP contribution in [0.15, 0.2) is 77.8 Å². The fraction of sp³-hybridized carbons (Fsp3) is 0.226. The Morgan fingerprint density at radius 1 is 1.03 bits per heavy atom. The SMILES string of the molecule is C=NC(=O)c1ccccc1C(=O)c1ccc2c(c1)C1(C=CCCC1)N(Cc1ccc(OC)cc1OC)C2=O. The van der Waals surface area contributed by atoms with Crippen molar-refractivity contribution in [3.8, 4) is 11.5 Å². The van der Waals surface area contributed by atoms with E-state index in [-0.39, 0.29) is 22.8 Å². The fourth-order valence-corrected chi connectivity index (χ4v) is 5.48. The van der Waals surface area contributed by atoms with Gasteiger partial charge in [-0.15, -0.1) is 0 Å². The van der Waals surface area contributed by atoms with Gasteiger partial charge in [-0.25, -0.2) is 4.99 Å². The Morgan fingerprint density at radius 2 is 1.82 bits per heavy atom. The summed E-state index contributed by atoms with van der Waals surface area (Å²) in [6.07, 6.45) is 6.74. The number of ether oxygens (including phenoxy) is 2. The second-order valence-corrected chi connectivity index (χ2v) is 9.39. The Bertz CT molecular complexity index is 1490. The number of rotatable bonds is 7. The second-order valence-electron chi connectivity index (χ2n) is 9.39. The average Bonchev–Trinajstić information content (AvgIpc) is 3.18. The van der Waals surface area contributed by atoms with Gasteiger partial charge in [0.15, 0.2) is 5.78 Å². The van der Waals surface area contributed by atoms with Crippen LogP contribution in [-0.4, -0.2) is 43.4 Å². The molecule has 3 aromatic carbocycles. The summed E-state index contributed by atoms with van der Waals surface area (Å²) >= 11 is 0. The Balaban J connectivity index is 1.58. The molecule has 7 heteroatoms. The smallest absolute Gasteiger partial charge is 0.277 e. The van der Waals surface area contributed by atoms with Crippen molar-refractivity contribution in [2.45, 2.75) is 31.3 Å². The van der Waals surface area contributed by atoms with E-state index in [9.17, 15) is 14.4 Å². The molecule has 1 spiro atoms. The number of ketones is 1. The lowest BCUT2D eigenvalue weighted by atomic mass is 9.80. The van der Waals surface area contributed by atoms with Crippen LogP contribution in [0.2, 0.25) is 0 Å². The monoisotopic (exact) mass is 508 g/mol. The number of fused-ring (bicyclic) bond motifs is 2. The van der Waals surface area contributed by atoms with Crippen LogP contribution >= 0.6 is 0 Å². The van der Waals surface area contributed by atoms with Gasteiger partial charge in [-0.2, -0.15) is 0 Å². The molecular weight excluding hydrogens is 480 g/mol. The summed E-state index contributed by atoms with van der Waals surface area (Å²) in [5, 5.41) is 0. The standard InChI is InChI=1S/C31H28N2O5/c1-32-29(35)24-10-6-5-9-23(24)28(34)20-12-14-25-26(17-20)31(15-7-4-8-16-31)33(30(25)36)19-21-11-13-22(37-2)18-27(21)38-3/h5-7,9-15,17-18H,1,4,8,16,19H2,2-3H3. The maximum absolute atomic E-state index is 13.8. The van der Waals surface area contributed by atoms with Crippen molar-refractivity contribution in [2.24, 2.45) is 4.99 Å². The number of allylic oxidation sites excluding steroid dienone is 1. The van der Waals surface area contributed by atoms with Gasteiger partial charge >= 0.3 is 0 Å². The predicted octanol–water partition coefficient (Wildman–Crippen LogP) is 5.37. The van der Waals surface area contributed by atoms with Crippen molar-refractivity contribution >= 4 is 24.3 Å². The third-order valence-electron chi connectivity index (χ3n) is 7.40. The molecule has 0 bridgehead atoms. The Kier molecular flexibility index (Phi) is 6.68. The lowest BCUT2D eigenvalue weighted by Crippen LogP contribution is -2.42. The number of methoxy groups -OCH3 is 2. The first-order valence-corrected chi connectivity index (χ1v) is 12.4. The summed E-state index contributed by atoms with van der Waals surface area (Å²) < 4.78 is 10.9. The number of aliphatic imine (C=N–C) groups is 1. The van der Waals surface area contributed by atoms with Gasteiger partial charge in [-0.05, 0) is 61.9 Å². The van der Waals surface area contributed by atoms with Crippen LogP contribution < -0.4 is 9.47 Å². The van der Waals surface area contributed by atoms with Crippen LogP contribution in [-0.2, 0) is 12.1 Å². The Labute approximate surface area is 221 Å². The largest absolute Gasteiger partial charge is 0.497 e. The highest BCUT2D eigenvalue weighted by Gasteiger charge is 2.48. The first-order chi connectivity index (χ1) is 18.4. The van der Waals surface area contributed by atoms with E-state index in [4.69, 9.17) is 9.47 Å². The zero-order valence-electron chi connectivity index (χ0n) is 21.4. The molecule has 0 saturated carbocycles. The summed E-state index contributed by atoms with van der Waals surface area (Å²) in [6.45, 7) is 3.64. The summed E-state index contributed by atoms with van der Waals surface area (Å²) in [4.78, 5) is 45.0. The highest BCUT2D eigenvalue weighted by Crippen LogP contribution is 2.47. The molecule has 1 aliphatic carbocycles. The molecule has 1 atom stereocenters. The second kappa shape index (κ2) is 10.1. The molecule has 0 saturated heterocycles. The molecule has 0 radical (unpaired) electrons. The van der Waals surface area contributed by atoms with Gasteiger partial charge in [0.2, 0.25) is 0 Å². The lowest BCUT2D eigenvalue weighted by Gasteiger charge is -2.39. The van der Waals surface area contributed by atoms with E-state index in [1.165, 1.54) is 0 Å². The molecule has 5 rings (SSSR count). The quantitative estimate of drug-likeness (QED) is 0.243. The van der Waals surface area contributed by atoms with Crippen LogP contribution in [0, 0.1) is 0 Å². The van der Waals surface area contributed by atoms with Crippen LogP contribution in [0.3, 0.4) is 0 Å². The molecule has 38 heavy (non-hydrogen) atoms. The number of hydrogen-bond acceptors (Lipinski definition) is 5. The minimum atomic E-state index is -0.691. The number of amides is 2. The van der Waals surface area contributed by atoms with Gasteiger partial charge in [0.1, 0.15) is 11.5 Å². The van der Waals surface area contributed by atoms with E-state index in [2.05, 4.69) is 23.9 Å². The first kappa shape index (κ1) is 25.1. The van der Waals surface area contributed by atoms with Crippen molar-refractivity contribution in [1.82, 2.24) is 4.90 Å². The molecule has 1 aliphatic heterocycles. The van der Waals surface area contributed by atoms with E-state index in [0.29, 0.717) is 29.2 Å². The van der Waals surface area contributed by atoms with E-state index in [1.807, 2.05) is 17.0 Å². The van der Waals surface area contributed by atoms with Gasteiger partial charge in [0, 0.05) is 28.3 Å². The Morgan fingerprint density at radius 3 is 2.50 bits per heavy atom. The minimum Gasteiger partial charge on any atom is -0.497 e. The highest BCUT2D eigenvalue weighted by molar-refractivity contribution is 6.16. The van der Waals surface area contributed by atoms with Crippen molar-refractivity contribution < 1.29 is 23.9 Å². The minimum absolute atomic E-state index is 0.102. The number of hydrogen-bond donors (Lipinski definition) is 0. The normalized spacial score (nSPS) is 17.8. The zero-order valence-corrected chi connectivity index (χ0v) is 21.4. The first-order valence-electron chi connectivity index (χ1n) is 12.4. The van der Waals surface area contributed by atoms with Crippen molar-refractivity contribution in [3.63, 3.8) is 0 Å². The predicted molar refractivity (Wildman–Crippen MR) is 144 cm³/mol. The Hall–Kier alpha value is -4.52. The topological polar surface area (TPSA) is 85.3 Å². The van der Waals surface area contributed by atoms with E-state index >= 15 is 0 Å². The molecule has 0 aromatic heterocycles. The maximum atomic E-state index is 13.8. The van der Waals surface area contributed by atoms with E-state index in [1.54, 1.807) is 62.8 Å². The van der Waals surface area contributed by atoms with Gasteiger partial charge < -0.3 is 14.4 Å². The van der Waals surface area contributed by atoms with E-state index < -0.39 is 11.4 Å². The van der Waals surface area contributed by atoms with Crippen molar-refractivity contribution in [1.29, 1.82) is 0 Å². The molecule has 0 fully saturated rings. The molecule has 0 N–H and O–H groups in total. The molecule has 2 amide bonds. The third kappa shape index (κ3) is 4.10. The molecule has 1 unspecified atom stereocenters. The molecule has 3 aromatic rings. The third-order valence-corrected chi connectivity index (χ3v) is 7.40. The van der Waals surface area contributed by atoms with Crippen LogP contribution in [0.4, 0.5) is 0 Å². The van der Waals surface area contributed by atoms with Crippen LogP contribution in [0.25, 0.3) is 0 Å². The van der Waals surface area contributed by atoms with Crippen molar-refractivity contribution in [3.05, 3.63) is 106 Å². The molecule has 192 valence electrons. The fourth-order valence-electron chi connectivity index (χ4n) is 5.48. The lowest BCUT2D eigenvalue weighted by molar-refractivity contribution is 0.0583. The summed E-state index contributed by atoms with van der Waals surface area (Å²) in [5.74, 6) is 0.336. The molecule has 2 aliphatic rings. The number of nitrogens with zero attached hydrogens (tertiary/aromatic N) is 2. The molecule has 1 heterocycles. The summed E-state index contributed by atoms with van der Waals surface area (Å²) in [7, 11) is 3.19. The van der Waals surface area contributed by atoms with Crippen molar-refractivity contribution in [2.75, 3.05) is 14.2 Å². The molecular formula is C31H28N2O5.